The molecule has 0 bridgehead atoms. The van der Waals surface area contributed by atoms with Crippen LogP contribution < -0.4 is 14.8 Å². The Morgan fingerprint density at radius 2 is 1.30 bits per heavy atom. The molecule has 3 aromatic carbocycles. The van der Waals surface area contributed by atoms with Crippen LogP contribution in [0.1, 0.15) is 22.3 Å². The van der Waals surface area contributed by atoms with Crippen LogP contribution in [0.5, 0.6) is 11.5 Å². The van der Waals surface area contributed by atoms with Crippen molar-refractivity contribution < 1.29 is 14.3 Å². The average Bonchev–Trinajstić information content (AvgIpc) is 3.02. The summed E-state index contributed by atoms with van der Waals surface area (Å²) in [6, 6.07) is 21.4. The molecule has 0 spiro atoms. The van der Waals surface area contributed by atoms with Crippen molar-refractivity contribution in [2.75, 3.05) is 19.5 Å². The van der Waals surface area contributed by atoms with E-state index in [1.807, 2.05) is 73.7 Å². The fraction of sp³-hybridized carbons (Fsp3) is 0.174. The molecule has 1 aliphatic rings. The van der Waals surface area contributed by atoms with Gasteiger partial charge in [-0.05, 0) is 47.9 Å². The molecule has 136 valence electrons. The second kappa shape index (κ2) is 6.47. The molecule has 1 heterocycles. The quantitative estimate of drug-likeness (QED) is 0.756. The van der Waals surface area contributed by atoms with Gasteiger partial charge in [-0.25, -0.2) is 0 Å². The van der Waals surface area contributed by atoms with Crippen molar-refractivity contribution in [3.05, 3.63) is 89.0 Å². The van der Waals surface area contributed by atoms with E-state index < -0.39 is 5.41 Å². The number of amides is 1. The van der Waals surface area contributed by atoms with E-state index in [1.54, 1.807) is 14.2 Å². The number of hydrogen-bond donors (Lipinski definition) is 1. The highest BCUT2D eigenvalue weighted by Crippen LogP contribution is 2.49. The Hall–Kier alpha value is -3.27. The normalized spacial score (nSPS) is 14.4. The predicted octanol–water partition coefficient (Wildman–Crippen LogP) is 4.30. The SMILES string of the molecule is COc1ccc(C2(c3ccc(OC)cc3)C(=O)Nc3c(C)cccc32)cc1. The number of nitrogens with one attached hydrogen (secondary N) is 1. The Morgan fingerprint density at radius 3 is 1.78 bits per heavy atom. The number of carbonyl (C=O) groups is 1. The van der Waals surface area contributed by atoms with Crippen LogP contribution in [0.15, 0.2) is 66.7 Å². The van der Waals surface area contributed by atoms with Gasteiger partial charge in [-0.3, -0.25) is 4.79 Å². The lowest BCUT2D eigenvalue weighted by atomic mass is 9.70. The van der Waals surface area contributed by atoms with Crippen molar-refractivity contribution >= 4 is 11.6 Å². The maximum atomic E-state index is 13.4. The zero-order valence-corrected chi connectivity index (χ0v) is 15.6. The Morgan fingerprint density at radius 1 is 0.778 bits per heavy atom. The van der Waals surface area contributed by atoms with Gasteiger partial charge in [0.1, 0.15) is 16.9 Å². The van der Waals surface area contributed by atoms with Gasteiger partial charge in [0.2, 0.25) is 5.91 Å². The Labute approximate surface area is 158 Å². The molecule has 1 N–H and O–H groups in total. The van der Waals surface area contributed by atoms with Gasteiger partial charge >= 0.3 is 0 Å². The van der Waals surface area contributed by atoms with Crippen molar-refractivity contribution in [2.24, 2.45) is 0 Å². The van der Waals surface area contributed by atoms with Crippen molar-refractivity contribution in [1.82, 2.24) is 0 Å². The summed E-state index contributed by atoms with van der Waals surface area (Å²) in [5.74, 6) is 1.46. The summed E-state index contributed by atoms with van der Waals surface area (Å²) in [5, 5.41) is 3.11. The van der Waals surface area contributed by atoms with Crippen molar-refractivity contribution in [3.8, 4) is 11.5 Å². The number of hydrogen-bond acceptors (Lipinski definition) is 3. The number of anilines is 1. The maximum absolute atomic E-state index is 13.4. The van der Waals surface area contributed by atoms with Gasteiger partial charge in [0, 0.05) is 11.3 Å². The van der Waals surface area contributed by atoms with E-state index in [2.05, 4.69) is 5.32 Å². The van der Waals surface area contributed by atoms with Crippen LogP contribution in [-0.2, 0) is 10.2 Å². The molecule has 0 atom stereocenters. The zero-order chi connectivity index (χ0) is 19.0. The van der Waals surface area contributed by atoms with Crippen molar-refractivity contribution in [1.29, 1.82) is 0 Å². The second-order valence-corrected chi connectivity index (χ2v) is 6.66. The first kappa shape index (κ1) is 17.2. The van der Waals surface area contributed by atoms with Crippen LogP contribution in [0.2, 0.25) is 0 Å². The van der Waals surface area contributed by atoms with E-state index in [4.69, 9.17) is 9.47 Å². The number of aryl methyl sites for hydroxylation is 1. The molecule has 4 rings (SSSR count). The van der Waals surface area contributed by atoms with Crippen LogP contribution in [0.3, 0.4) is 0 Å². The van der Waals surface area contributed by atoms with Gasteiger partial charge < -0.3 is 14.8 Å². The highest BCUT2D eigenvalue weighted by Gasteiger charge is 2.50. The van der Waals surface area contributed by atoms with Gasteiger partial charge in [0.05, 0.1) is 14.2 Å². The lowest BCUT2D eigenvalue weighted by molar-refractivity contribution is -0.118. The minimum atomic E-state index is -0.917. The lowest BCUT2D eigenvalue weighted by Crippen LogP contribution is -2.36. The number of fused-ring (bicyclic) bond motifs is 1. The highest BCUT2D eigenvalue weighted by molar-refractivity contribution is 6.12. The van der Waals surface area contributed by atoms with E-state index in [1.165, 1.54) is 0 Å². The zero-order valence-electron chi connectivity index (χ0n) is 15.6. The number of methoxy groups -OCH3 is 2. The second-order valence-electron chi connectivity index (χ2n) is 6.66. The minimum Gasteiger partial charge on any atom is -0.497 e. The van der Waals surface area contributed by atoms with Gasteiger partial charge in [-0.2, -0.15) is 0 Å². The first-order valence-corrected chi connectivity index (χ1v) is 8.82. The number of ether oxygens (including phenoxy) is 2. The number of benzene rings is 3. The Kier molecular flexibility index (Phi) is 4.11. The first-order chi connectivity index (χ1) is 13.1. The van der Waals surface area contributed by atoms with Crippen molar-refractivity contribution in [2.45, 2.75) is 12.3 Å². The molecule has 27 heavy (non-hydrogen) atoms. The van der Waals surface area contributed by atoms with Crippen LogP contribution in [0, 0.1) is 6.92 Å². The monoisotopic (exact) mass is 359 g/mol. The van der Waals surface area contributed by atoms with Crippen molar-refractivity contribution in [3.63, 3.8) is 0 Å². The smallest absolute Gasteiger partial charge is 0.244 e. The van der Waals surface area contributed by atoms with Gasteiger partial charge in [0.15, 0.2) is 0 Å². The molecule has 0 unspecified atom stereocenters. The largest absolute Gasteiger partial charge is 0.497 e. The molecule has 0 aliphatic carbocycles. The number of rotatable bonds is 4. The summed E-state index contributed by atoms with van der Waals surface area (Å²) in [6.45, 7) is 2.01. The van der Waals surface area contributed by atoms with Crippen LogP contribution in [0.25, 0.3) is 0 Å². The first-order valence-electron chi connectivity index (χ1n) is 8.82. The summed E-state index contributed by atoms with van der Waals surface area (Å²) >= 11 is 0. The summed E-state index contributed by atoms with van der Waals surface area (Å²) in [5.41, 5.74) is 3.77. The summed E-state index contributed by atoms with van der Waals surface area (Å²) in [7, 11) is 3.27. The van der Waals surface area contributed by atoms with E-state index in [0.717, 1.165) is 39.4 Å². The number of carbonyl (C=O) groups excluding carboxylic acids is 1. The molecule has 4 nitrogen and oxygen atoms in total. The van der Waals surface area contributed by atoms with Gasteiger partial charge in [-0.1, -0.05) is 42.5 Å². The maximum Gasteiger partial charge on any atom is 0.244 e. The molecule has 1 amide bonds. The Balaban J connectivity index is 2.01. The van der Waals surface area contributed by atoms with E-state index in [0.29, 0.717) is 0 Å². The molecular weight excluding hydrogens is 338 g/mol. The summed E-state index contributed by atoms with van der Waals surface area (Å²) in [4.78, 5) is 13.4. The molecule has 3 aromatic rings. The molecule has 4 heteroatoms. The third-order valence-corrected chi connectivity index (χ3v) is 5.30. The molecule has 0 saturated carbocycles. The van der Waals surface area contributed by atoms with Crippen LogP contribution >= 0.6 is 0 Å². The molecule has 0 saturated heterocycles. The topological polar surface area (TPSA) is 47.6 Å². The number of para-hydroxylation sites is 1. The van der Waals surface area contributed by atoms with Gasteiger partial charge in [-0.15, -0.1) is 0 Å². The van der Waals surface area contributed by atoms with Crippen LogP contribution in [0.4, 0.5) is 5.69 Å². The minimum absolute atomic E-state index is 0.0536. The van der Waals surface area contributed by atoms with Gasteiger partial charge in [0.25, 0.3) is 0 Å². The molecule has 0 fully saturated rings. The fourth-order valence-electron chi connectivity index (χ4n) is 3.90. The average molecular weight is 359 g/mol. The lowest BCUT2D eigenvalue weighted by Gasteiger charge is -2.29. The standard InChI is InChI=1S/C23H21NO3/c1-15-5-4-6-20-21(15)24-22(25)23(20,16-7-11-18(26-2)12-8-16)17-9-13-19(27-3)14-10-17/h4-14H,1-3H3,(H,24,25). The van der Waals surface area contributed by atoms with E-state index >= 15 is 0 Å². The van der Waals surface area contributed by atoms with E-state index in [-0.39, 0.29) is 5.91 Å². The van der Waals surface area contributed by atoms with E-state index in [9.17, 15) is 4.79 Å². The molecule has 0 aromatic heterocycles. The Bertz CT molecular complexity index is 944. The summed E-state index contributed by atoms with van der Waals surface area (Å²) in [6.07, 6.45) is 0. The molecule has 0 radical (unpaired) electrons. The fourth-order valence-corrected chi connectivity index (χ4v) is 3.90. The molecule has 1 aliphatic heterocycles. The molecular formula is C23H21NO3. The third-order valence-electron chi connectivity index (χ3n) is 5.30. The highest BCUT2D eigenvalue weighted by atomic mass is 16.5. The summed E-state index contributed by atoms with van der Waals surface area (Å²) < 4.78 is 10.6. The predicted molar refractivity (Wildman–Crippen MR) is 106 cm³/mol. The third kappa shape index (κ3) is 2.48. The van der Waals surface area contributed by atoms with Crippen LogP contribution in [-0.4, -0.2) is 20.1 Å².